The lowest BCUT2D eigenvalue weighted by Gasteiger charge is -2.16. The van der Waals surface area contributed by atoms with Crippen molar-refractivity contribution in [1.82, 2.24) is 0 Å². The molecule has 1 aliphatic carbocycles. The van der Waals surface area contributed by atoms with E-state index in [1.54, 1.807) is 0 Å². The molecule has 0 heterocycles. The minimum atomic E-state index is 0.235. The van der Waals surface area contributed by atoms with Crippen LogP contribution in [0.2, 0.25) is 0 Å². The number of allylic oxidation sites excluding steroid dienone is 2. The molecule has 76 valence electrons. The van der Waals surface area contributed by atoms with Crippen molar-refractivity contribution in [3.05, 3.63) is 11.6 Å². The average Bonchev–Trinajstić information content (AvgIpc) is 2.53. The van der Waals surface area contributed by atoms with Crippen LogP contribution < -0.4 is 0 Å². The van der Waals surface area contributed by atoms with E-state index in [0.717, 1.165) is 12.8 Å². The minimum Gasteiger partial charge on any atom is -0.396 e. The quantitative estimate of drug-likeness (QED) is 0.662. The first-order chi connectivity index (χ1) is 5.93. The molecule has 1 nitrogen and oxygen atoms in total. The van der Waals surface area contributed by atoms with Gasteiger partial charge in [-0.2, -0.15) is 0 Å². The van der Waals surface area contributed by atoms with E-state index in [4.69, 9.17) is 0 Å². The lowest BCUT2D eigenvalue weighted by atomic mass is 9.91. The van der Waals surface area contributed by atoms with Crippen LogP contribution in [-0.2, 0) is 0 Å². The van der Waals surface area contributed by atoms with Gasteiger partial charge < -0.3 is 5.11 Å². The van der Waals surface area contributed by atoms with E-state index >= 15 is 0 Å². The van der Waals surface area contributed by atoms with E-state index in [-0.39, 0.29) is 5.41 Å². The molecule has 1 unspecified atom stereocenters. The summed E-state index contributed by atoms with van der Waals surface area (Å²) in [6, 6.07) is 0. The summed E-state index contributed by atoms with van der Waals surface area (Å²) in [6.45, 7) is 9.13. The highest BCUT2D eigenvalue weighted by atomic mass is 16.3. The molecule has 0 aromatic carbocycles. The van der Waals surface area contributed by atoms with E-state index < -0.39 is 0 Å². The van der Waals surface area contributed by atoms with Crippen molar-refractivity contribution in [3.8, 4) is 0 Å². The van der Waals surface area contributed by atoms with Gasteiger partial charge in [-0.3, -0.25) is 0 Å². The molecule has 0 aliphatic heterocycles. The Labute approximate surface area is 81.9 Å². The van der Waals surface area contributed by atoms with Crippen LogP contribution in [0.4, 0.5) is 0 Å². The van der Waals surface area contributed by atoms with Crippen LogP contribution in [0.25, 0.3) is 0 Å². The molecule has 0 bridgehead atoms. The van der Waals surface area contributed by atoms with Gasteiger partial charge in [-0.25, -0.2) is 0 Å². The average molecular weight is 182 g/mol. The lowest BCUT2D eigenvalue weighted by Crippen LogP contribution is -2.13. The van der Waals surface area contributed by atoms with Crippen molar-refractivity contribution >= 4 is 0 Å². The van der Waals surface area contributed by atoms with Crippen molar-refractivity contribution in [1.29, 1.82) is 0 Å². The Kier molecular flexibility index (Phi) is 2.86. The van der Waals surface area contributed by atoms with Crippen LogP contribution >= 0.6 is 0 Å². The lowest BCUT2D eigenvalue weighted by molar-refractivity contribution is 0.172. The summed E-state index contributed by atoms with van der Waals surface area (Å²) in [6.07, 6.45) is 5.72. The van der Waals surface area contributed by atoms with Gasteiger partial charge in [0.2, 0.25) is 0 Å². The zero-order valence-corrected chi connectivity index (χ0v) is 9.35. The molecule has 1 rings (SSSR count). The zero-order valence-electron chi connectivity index (χ0n) is 9.35. The molecule has 1 N–H and O–H groups in total. The molecule has 13 heavy (non-hydrogen) atoms. The maximum Gasteiger partial charge on any atom is 0.0492 e. The van der Waals surface area contributed by atoms with Gasteiger partial charge in [0.25, 0.3) is 0 Å². The Balaban J connectivity index is 2.41. The summed E-state index contributed by atoms with van der Waals surface area (Å²) in [5.74, 6) is 0. The minimum absolute atomic E-state index is 0.235. The first kappa shape index (κ1) is 10.8. The molecule has 1 aliphatic rings. The first-order valence-corrected chi connectivity index (χ1v) is 5.18. The second-order valence-corrected chi connectivity index (χ2v) is 5.32. The predicted octanol–water partition coefficient (Wildman–Crippen LogP) is 3.14. The second-order valence-electron chi connectivity index (χ2n) is 5.32. The second kappa shape index (κ2) is 3.45. The van der Waals surface area contributed by atoms with Crippen molar-refractivity contribution in [2.45, 2.75) is 47.0 Å². The maximum absolute atomic E-state index is 9.34. The summed E-state index contributed by atoms with van der Waals surface area (Å²) in [5, 5.41) is 9.34. The van der Waals surface area contributed by atoms with Crippen molar-refractivity contribution < 1.29 is 5.11 Å². The highest BCUT2D eigenvalue weighted by Gasteiger charge is 2.59. The number of aliphatic hydroxyl groups is 1. The molecule has 0 saturated heterocycles. The van der Waals surface area contributed by atoms with Gasteiger partial charge in [-0.05, 0) is 43.9 Å². The van der Waals surface area contributed by atoms with Gasteiger partial charge in [0.05, 0.1) is 0 Å². The summed E-state index contributed by atoms with van der Waals surface area (Å²) in [7, 11) is 0. The third-order valence-corrected chi connectivity index (χ3v) is 3.57. The van der Waals surface area contributed by atoms with Crippen LogP contribution in [0, 0.1) is 10.8 Å². The summed E-state index contributed by atoms with van der Waals surface area (Å²) in [4.78, 5) is 0. The molecule has 1 fully saturated rings. The third-order valence-electron chi connectivity index (χ3n) is 3.57. The smallest absolute Gasteiger partial charge is 0.0492 e. The van der Waals surface area contributed by atoms with Gasteiger partial charge in [0.15, 0.2) is 0 Å². The number of hydrogen-bond acceptors (Lipinski definition) is 1. The van der Waals surface area contributed by atoms with Crippen molar-refractivity contribution in [2.75, 3.05) is 6.61 Å². The Bertz CT molecular complexity index is 211. The fourth-order valence-corrected chi connectivity index (χ4v) is 2.21. The summed E-state index contributed by atoms with van der Waals surface area (Å²) in [5.41, 5.74) is 1.99. The van der Waals surface area contributed by atoms with E-state index in [0.29, 0.717) is 12.0 Å². The monoisotopic (exact) mass is 182 g/mol. The van der Waals surface area contributed by atoms with Gasteiger partial charge in [0.1, 0.15) is 0 Å². The zero-order chi connectivity index (χ0) is 10.1. The molecule has 1 saturated carbocycles. The van der Waals surface area contributed by atoms with Crippen LogP contribution in [0.15, 0.2) is 11.6 Å². The topological polar surface area (TPSA) is 20.2 Å². The first-order valence-electron chi connectivity index (χ1n) is 5.18. The molecular formula is C12H22O. The molecule has 1 heteroatoms. The molecule has 0 spiro atoms. The highest BCUT2D eigenvalue weighted by Crippen LogP contribution is 2.65. The van der Waals surface area contributed by atoms with E-state index in [2.05, 4.69) is 33.8 Å². The van der Waals surface area contributed by atoms with Gasteiger partial charge >= 0.3 is 0 Å². The summed E-state index contributed by atoms with van der Waals surface area (Å²) < 4.78 is 0. The Morgan fingerprint density at radius 3 is 2.23 bits per heavy atom. The SMILES string of the molecule is CC(C)=CCCC1(CO)CC1(C)C. The predicted molar refractivity (Wildman–Crippen MR) is 56.6 cm³/mol. The van der Waals surface area contributed by atoms with Crippen LogP contribution in [0.5, 0.6) is 0 Å². The number of aliphatic hydroxyl groups excluding tert-OH is 1. The number of rotatable bonds is 4. The fraction of sp³-hybridized carbons (Fsp3) is 0.833. The van der Waals surface area contributed by atoms with Crippen molar-refractivity contribution in [3.63, 3.8) is 0 Å². The normalized spacial score (nSPS) is 29.9. The Hall–Kier alpha value is -0.300. The van der Waals surface area contributed by atoms with E-state index in [9.17, 15) is 5.11 Å². The standard InChI is InChI=1S/C12H22O/c1-10(2)6-5-7-12(9-13)8-11(12,3)4/h6,13H,5,7-9H2,1-4H3. The van der Waals surface area contributed by atoms with Crippen LogP contribution in [-0.4, -0.2) is 11.7 Å². The van der Waals surface area contributed by atoms with Crippen LogP contribution in [0.1, 0.15) is 47.0 Å². The third kappa shape index (κ3) is 2.14. The van der Waals surface area contributed by atoms with Crippen molar-refractivity contribution in [2.24, 2.45) is 10.8 Å². The maximum atomic E-state index is 9.34. The number of hydrogen-bond donors (Lipinski definition) is 1. The van der Waals surface area contributed by atoms with E-state index in [1.807, 2.05) is 0 Å². The Morgan fingerprint density at radius 1 is 1.38 bits per heavy atom. The van der Waals surface area contributed by atoms with Gasteiger partial charge in [-0.15, -0.1) is 0 Å². The molecular weight excluding hydrogens is 160 g/mol. The molecule has 0 amide bonds. The molecule has 0 aromatic heterocycles. The van der Waals surface area contributed by atoms with Gasteiger partial charge in [-0.1, -0.05) is 25.5 Å². The van der Waals surface area contributed by atoms with Gasteiger partial charge in [0, 0.05) is 6.61 Å². The summed E-state index contributed by atoms with van der Waals surface area (Å²) >= 11 is 0. The largest absolute Gasteiger partial charge is 0.396 e. The van der Waals surface area contributed by atoms with Crippen LogP contribution in [0.3, 0.4) is 0 Å². The Morgan fingerprint density at radius 2 is 1.92 bits per heavy atom. The fourth-order valence-electron chi connectivity index (χ4n) is 2.21. The molecule has 1 atom stereocenters. The highest BCUT2D eigenvalue weighted by molar-refractivity contribution is 5.10. The molecule has 0 radical (unpaired) electrons. The van der Waals surface area contributed by atoms with E-state index in [1.165, 1.54) is 12.0 Å². The molecule has 0 aromatic rings.